The van der Waals surface area contributed by atoms with Crippen LogP contribution in [0, 0.1) is 0 Å². The summed E-state index contributed by atoms with van der Waals surface area (Å²) in [5.41, 5.74) is 0.813. The molecule has 0 saturated heterocycles. The minimum atomic E-state index is -1.01. The Morgan fingerprint density at radius 3 is 2.56 bits per heavy atom. The molecule has 1 rings (SSSR count). The fraction of sp³-hybridized carbons (Fsp3) is 0.364. The molecule has 1 aromatic rings. The number of carboxylic acid groups (broad SMARTS) is 1. The molecule has 2 N–H and O–H groups in total. The second kappa shape index (κ2) is 5.85. The number of pyridine rings is 1. The molecule has 0 saturated carbocycles. The first kappa shape index (κ1) is 12.2. The number of nitrogens with one attached hydrogen (secondary N) is 1. The van der Waals surface area contributed by atoms with Gasteiger partial charge in [0.1, 0.15) is 6.04 Å². The molecule has 5 heteroatoms. The molecule has 1 heterocycles. The van der Waals surface area contributed by atoms with Crippen LogP contribution >= 0.6 is 0 Å². The van der Waals surface area contributed by atoms with Crippen molar-refractivity contribution < 1.29 is 14.7 Å². The van der Waals surface area contributed by atoms with Crippen molar-refractivity contribution in [1.29, 1.82) is 0 Å². The van der Waals surface area contributed by atoms with Gasteiger partial charge in [-0.2, -0.15) is 0 Å². The molecule has 1 aromatic heterocycles. The zero-order valence-corrected chi connectivity index (χ0v) is 9.01. The van der Waals surface area contributed by atoms with Crippen LogP contribution in [-0.2, 0) is 16.0 Å². The van der Waals surface area contributed by atoms with Gasteiger partial charge in [0.15, 0.2) is 0 Å². The van der Waals surface area contributed by atoms with Crippen LogP contribution in [0.4, 0.5) is 0 Å². The molecule has 0 unspecified atom stereocenters. The Kier molecular flexibility index (Phi) is 4.44. The van der Waals surface area contributed by atoms with Crippen molar-refractivity contribution in [2.75, 3.05) is 0 Å². The van der Waals surface area contributed by atoms with Crippen molar-refractivity contribution in [3.8, 4) is 0 Å². The molecular weight excluding hydrogens is 208 g/mol. The van der Waals surface area contributed by atoms with Crippen molar-refractivity contribution >= 4 is 11.9 Å². The molecule has 16 heavy (non-hydrogen) atoms. The number of carboxylic acids is 1. The first-order chi connectivity index (χ1) is 7.63. The number of amides is 1. The highest BCUT2D eigenvalue weighted by Crippen LogP contribution is 1.99. The zero-order valence-electron chi connectivity index (χ0n) is 9.01. The summed E-state index contributed by atoms with van der Waals surface area (Å²) >= 11 is 0. The number of carbonyl (C=O) groups excluding carboxylic acids is 1. The van der Waals surface area contributed by atoms with Crippen LogP contribution in [0.1, 0.15) is 18.9 Å². The number of rotatable bonds is 5. The van der Waals surface area contributed by atoms with Gasteiger partial charge in [-0.3, -0.25) is 9.78 Å². The number of aliphatic carboxylic acids is 1. The summed E-state index contributed by atoms with van der Waals surface area (Å²) in [7, 11) is 0. The molecule has 0 aliphatic heterocycles. The Morgan fingerprint density at radius 2 is 2.06 bits per heavy atom. The average molecular weight is 222 g/mol. The van der Waals surface area contributed by atoms with Crippen LogP contribution in [0.3, 0.4) is 0 Å². The number of aromatic nitrogens is 1. The highest BCUT2D eigenvalue weighted by molar-refractivity contribution is 5.84. The molecule has 0 aliphatic rings. The maximum absolute atomic E-state index is 11.5. The van der Waals surface area contributed by atoms with Gasteiger partial charge >= 0.3 is 5.97 Å². The normalized spacial score (nSPS) is 11.8. The van der Waals surface area contributed by atoms with Crippen LogP contribution < -0.4 is 5.32 Å². The standard InChI is InChI=1S/C11H14N2O3/c1-2-9(11(15)16)13-10(14)7-8-3-5-12-6-4-8/h3-6,9H,2,7H2,1H3,(H,13,14)(H,15,16)/t9-/m1/s1. The van der Waals surface area contributed by atoms with Gasteiger partial charge in [-0.05, 0) is 24.1 Å². The van der Waals surface area contributed by atoms with Gasteiger partial charge in [-0.1, -0.05) is 6.92 Å². The van der Waals surface area contributed by atoms with Crippen molar-refractivity contribution in [2.24, 2.45) is 0 Å². The van der Waals surface area contributed by atoms with Crippen LogP contribution in [0.25, 0.3) is 0 Å². The monoisotopic (exact) mass is 222 g/mol. The molecule has 0 fully saturated rings. The lowest BCUT2D eigenvalue weighted by atomic mass is 10.1. The molecule has 0 aromatic carbocycles. The van der Waals surface area contributed by atoms with Gasteiger partial charge < -0.3 is 10.4 Å². The number of carbonyl (C=O) groups is 2. The topological polar surface area (TPSA) is 79.3 Å². The third-order valence-electron chi connectivity index (χ3n) is 2.16. The van der Waals surface area contributed by atoms with Gasteiger partial charge in [-0.15, -0.1) is 0 Å². The van der Waals surface area contributed by atoms with Gasteiger partial charge in [0.25, 0.3) is 0 Å². The molecule has 5 nitrogen and oxygen atoms in total. The van der Waals surface area contributed by atoms with Crippen LogP contribution in [0.2, 0.25) is 0 Å². The highest BCUT2D eigenvalue weighted by atomic mass is 16.4. The molecular formula is C11H14N2O3. The van der Waals surface area contributed by atoms with E-state index >= 15 is 0 Å². The molecule has 0 aliphatic carbocycles. The Labute approximate surface area is 93.5 Å². The second-order valence-electron chi connectivity index (χ2n) is 3.40. The van der Waals surface area contributed by atoms with E-state index in [1.54, 1.807) is 31.5 Å². The van der Waals surface area contributed by atoms with Crippen molar-refractivity contribution in [3.63, 3.8) is 0 Å². The van der Waals surface area contributed by atoms with Gasteiger partial charge in [0.05, 0.1) is 6.42 Å². The van der Waals surface area contributed by atoms with Crippen molar-refractivity contribution in [3.05, 3.63) is 30.1 Å². The van der Waals surface area contributed by atoms with E-state index in [0.29, 0.717) is 6.42 Å². The minimum absolute atomic E-state index is 0.173. The van der Waals surface area contributed by atoms with Gasteiger partial charge in [0, 0.05) is 12.4 Å². The summed E-state index contributed by atoms with van der Waals surface area (Å²) in [6.07, 6.45) is 3.73. The molecule has 1 atom stereocenters. The Balaban J connectivity index is 2.50. The Bertz CT molecular complexity index is 365. The third kappa shape index (κ3) is 3.68. The van der Waals surface area contributed by atoms with Gasteiger partial charge in [-0.25, -0.2) is 4.79 Å². The van der Waals surface area contributed by atoms with E-state index in [4.69, 9.17) is 5.11 Å². The maximum Gasteiger partial charge on any atom is 0.326 e. The largest absolute Gasteiger partial charge is 0.480 e. The summed E-state index contributed by atoms with van der Waals surface area (Å²) in [6, 6.07) is 2.64. The van der Waals surface area contributed by atoms with E-state index in [2.05, 4.69) is 10.3 Å². The fourth-order valence-electron chi connectivity index (χ4n) is 1.27. The first-order valence-electron chi connectivity index (χ1n) is 5.04. The minimum Gasteiger partial charge on any atom is -0.480 e. The smallest absolute Gasteiger partial charge is 0.326 e. The van der Waals surface area contributed by atoms with Crippen LogP contribution in [0.5, 0.6) is 0 Å². The van der Waals surface area contributed by atoms with Crippen LogP contribution in [0.15, 0.2) is 24.5 Å². The molecule has 0 radical (unpaired) electrons. The SMILES string of the molecule is CC[C@@H](NC(=O)Cc1ccncc1)C(=O)O. The lowest BCUT2D eigenvalue weighted by molar-refractivity contribution is -0.141. The van der Waals surface area contributed by atoms with E-state index in [0.717, 1.165) is 5.56 Å². The van der Waals surface area contributed by atoms with Crippen molar-refractivity contribution in [1.82, 2.24) is 10.3 Å². The third-order valence-corrected chi connectivity index (χ3v) is 2.16. The van der Waals surface area contributed by atoms with E-state index in [1.807, 2.05) is 0 Å². The molecule has 1 amide bonds. The molecule has 0 spiro atoms. The summed E-state index contributed by atoms with van der Waals surface area (Å²) < 4.78 is 0. The maximum atomic E-state index is 11.5. The first-order valence-corrected chi connectivity index (χ1v) is 5.04. The van der Waals surface area contributed by atoms with Gasteiger partial charge in [0.2, 0.25) is 5.91 Å². The summed E-state index contributed by atoms with van der Waals surface area (Å²) in [5.74, 6) is -1.30. The fourth-order valence-corrected chi connectivity index (χ4v) is 1.27. The van der Waals surface area contributed by atoms with E-state index in [-0.39, 0.29) is 12.3 Å². The molecule has 86 valence electrons. The lowest BCUT2D eigenvalue weighted by Gasteiger charge is -2.11. The number of hydrogen-bond acceptors (Lipinski definition) is 3. The quantitative estimate of drug-likeness (QED) is 0.764. The summed E-state index contributed by atoms with van der Waals surface area (Å²) in [6.45, 7) is 1.71. The molecule has 0 bridgehead atoms. The Hall–Kier alpha value is -1.91. The van der Waals surface area contributed by atoms with Crippen molar-refractivity contribution in [2.45, 2.75) is 25.8 Å². The average Bonchev–Trinajstić information content (AvgIpc) is 2.27. The lowest BCUT2D eigenvalue weighted by Crippen LogP contribution is -2.40. The van der Waals surface area contributed by atoms with E-state index < -0.39 is 12.0 Å². The van der Waals surface area contributed by atoms with E-state index in [9.17, 15) is 9.59 Å². The number of nitrogens with zero attached hydrogens (tertiary/aromatic N) is 1. The predicted octanol–water partition coefficient (Wildman–Crippen LogP) is 0.603. The summed E-state index contributed by atoms with van der Waals surface area (Å²) in [4.78, 5) is 26.0. The second-order valence-corrected chi connectivity index (χ2v) is 3.40. The van der Waals surface area contributed by atoms with Crippen LogP contribution in [-0.4, -0.2) is 28.0 Å². The van der Waals surface area contributed by atoms with E-state index in [1.165, 1.54) is 0 Å². The Morgan fingerprint density at radius 1 is 1.44 bits per heavy atom. The summed E-state index contributed by atoms with van der Waals surface area (Å²) in [5, 5.41) is 11.2. The number of hydrogen-bond donors (Lipinski definition) is 2. The predicted molar refractivity (Wildman–Crippen MR) is 57.8 cm³/mol. The highest BCUT2D eigenvalue weighted by Gasteiger charge is 2.17. The zero-order chi connectivity index (χ0) is 12.0.